The molecule has 0 amide bonds. The highest BCUT2D eigenvalue weighted by atomic mass is 16.6. The van der Waals surface area contributed by atoms with E-state index in [0.717, 1.165) is 96.3 Å². The molecule has 0 saturated heterocycles. The summed E-state index contributed by atoms with van der Waals surface area (Å²) in [7, 11) is 0. The molecule has 0 aliphatic carbocycles. The third kappa shape index (κ3) is 46.2. The third-order valence-electron chi connectivity index (χ3n) is 10.8. The molecule has 1 atom stereocenters. The molecule has 0 N–H and O–H groups in total. The average molecular weight is 839 g/mol. The van der Waals surface area contributed by atoms with Crippen molar-refractivity contribution in [3.05, 3.63) is 60.8 Å². The largest absolute Gasteiger partial charge is 0.462 e. The summed E-state index contributed by atoms with van der Waals surface area (Å²) in [5, 5.41) is 0. The van der Waals surface area contributed by atoms with Gasteiger partial charge in [-0.25, -0.2) is 0 Å². The van der Waals surface area contributed by atoms with Crippen molar-refractivity contribution in [1.82, 2.24) is 0 Å². The monoisotopic (exact) mass is 839 g/mol. The molecule has 0 aliphatic rings. The smallest absolute Gasteiger partial charge is 0.306 e. The van der Waals surface area contributed by atoms with Gasteiger partial charge in [0.15, 0.2) is 6.10 Å². The Morgan fingerprint density at radius 1 is 0.350 bits per heavy atom. The minimum atomic E-state index is -0.769. The maximum Gasteiger partial charge on any atom is 0.306 e. The van der Waals surface area contributed by atoms with Crippen LogP contribution in [0.5, 0.6) is 0 Å². The fourth-order valence-corrected chi connectivity index (χ4v) is 7.00. The van der Waals surface area contributed by atoms with Crippen molar-refractivity contribution in [2.75, 3.05) is 13.2 Å². The highest BCUT2D eigenvalue weighted by Gasteiger charge is 2.19. The van der Waals surface area contributed by atoms with Crippen LogP contribution < -0.4 is 0 Å². The summed E-state index contributed by atoms with van der Waals surface area (Å²) in [6.07, 6.45) is 59.4. The lowest BCUT2D eigenvalue weighted by atomic mass is 10.1. The van der Waals surface area contributed by atoms with Crippen LogP contribution in [0.25, 0.3) is 0 Å². The molecule has 6 nitrogen and oxygen atoms in total. The van der Waals surface area contributed by atoms with Crippen LogP contribution in [0.2, 0.25) is 0 Å². The van der Waals surface area contributed by atoms with Crippen molar-refractivity contribution in [3.8, 4) is 0 Å². The van der Waals surface area contributed by atoms with Gasteiger partial charge in [0.2, 0.25) is 0 Å². The standard InChI is InChI=1S/C54H94O6/c1-4-7-10-13-16-19-20-21-22-23-24-25-26-27-28-29-30-31-32-33-34-36-38-41-44-47-53(56)59-50-51(49-58-52(55)46-43-40-37-18-15-12-9-6-3)60-54(57)48-45-42-39-35-17-14-11-8-5-2/h7,10,16,19,21-22,24-25,27-28,51H,4-6,8-9,11-15,17-18,20,23,26,29-50H2,1-3H3/b10-7-,19-16-,22-21-,25-24-,28-27-. The second-order valence-corrected chi connectivity index (χ2v) is 16.7. The van der Waals surface area contributed by atoms with Gasteiger partial charge in [-0.05, 0) is 64.2 Å². The Balaban J connectivity index is 4.14. The van der Waals surface area contributed by atoms with Crippen molar-refractivity contribution in [2.45, 2.75) is 252 Å². The second kappa shape index (κ2) is 48.8. The summed E-state index contributed by atoms with van der Waals surface area (Å²) in [4.78, 5) is 37.7. The Morgan fingerprint density at radius 2 is 0.650 bits per heavy atom. The van der Waals surface area contributed by atoms with Crippen LogP contribution in [0.3, 0.4) is 0 Å². The van der Waals surface area contributed by atoms with Gasteiger partial charge >= 0.3 is 17.9 Å². The molecule has 0 aromatic rings. The first-order chi connectivity index (χ1) is 29.5. The second-order valence-electron chi connectivity index (χ2n) is 16.7. The van der Waals surface area contributed by atoms with Gasteiger partial charge in [0.05, 0.1) is 0 Å². The minimum absolute atomic E-state index is 0.0734. The zero-order valence-corrected chi connectivity index (χ0v) is 39.5. The van der Waals surface area contributed by atoms with E-state index in [9.17, 15) is 14.4 Å². The lowest BCUT2D eigenvalue weighted by Crippen LogP contribution is -2.30. The van der Waals surface area contributed by atoms with Gasteiger partial charge in [-0.2, -0.15) is 0 Å². The lowest BCUT2D eigenvalue weighted by molar-refractivity contribution is -0.167. The summed E-state index contributed by atoms with van der Waals surface area (Å²) in [5.41, 5.74) is 0. The number of esters is 3. The molecule has 0 radical (unpaired) electrons. The number of hydrogen-bond donors (Lipinski definition) is 0. The van der Waals surface area contributed by atoms with Gasteiger partial charge in [0.1, 0.15) is 13.2 Å². The van der Waals surface area contributed by atoms with E-state index in [1.807, 2.05) is 0 Å². The number of carbonyl (C=O) groups is 3. The van der Waals surface area contributed by atoms with Crippen LogP contribution in [0.15, 0.2) is 60.8 Å². The van der Waals surface area contributed by atoms with Crippen LogP contribution in [-0.2, 0) is 28.6 Å². The van der Waals surface area contributed by atoms with Crippen molar-refractivity contribution < 1.29 is 28.6 Å². The quantitative estimate of drug-likeness (QED) is 0.0263. The number of unbranched alkanes of at least 4 members (excludes halogenated alkanes) is 24. The minimum Gasteiger partial charge on any atom is -0.462 e. The Bertz CT molecular complexity index is 1100. The number of carbonyl (C=O) groups excluding carboxylic acids is 3. The van der Waals surface area contributed by atoms with E-state index in [2.05, 4.69) is 81.5 Å². The van der Waals surface area contributed by atoms with E-state index in [1.54, 1.807) is 0 Å². The Labute approximate surface area is 370 Å². The molecule has 6 heteroatoms. The molecule has 0 aromatic heterocycles. The zero-order valence-electron chi connectivity index (χ0n) is 39.5. The Kier molecular flexibility index (Phi) is 46.4. The van der Waals surface area contributed by atoms with Gasteiger partial charge < -0.3 is 14.2 Å². The van der Waals surface area contributed by atoms with E-state index in [4.69, 9.17) is 14.2 Å². The molecule has 0 heterocycles. The van der Waals surface area contributed by atoms with Crippen LogP contribution >= 0.6 is 0 Å². The predicted octanol–water partition coefficient (Wildman–Crippen LogP) is 16.5. The van der Waals surface area contributed by atoms with Crippen LogP contribution in [0, 0.1) is 0 Å². The molecule has 1 unspecified atom stereocenters. The molecule has 60 heavy (non-hydrogen) atoms. The first-order valence-electron chi connectivity index (χ1n) is 25.3. The maximum absolute atomic E-state index is 12.7. The highest BCUT2D eigenvalue weighted by Crippen LogP contribution is 2.15. The van der Waals surface area contributed by atoms with Gasteiger partial charge in [0, 0.05) is 19.3 Å². The summed E-state index contributed by atoms with van der Waals surface area (Å²) in [6, 6.07) is 0. The van der Waals surface area contributed by atoms with Gasteiger partial charge in [-0.1, -0.05) is 223 Å². The summed E-state index contributed by atoms with van der Waals surface area (Å²) in [6.45, 7) is 6.47. The molecular formula is C54H94O6. The molecule has 0 bridgehead atoms. The summed E-state index contributed by atoms with van der Waals surface area (Å²) < 4.78 is 16.7. The fourth-order valence-electron chi connectivity index (χ4n) is 7.00. The summed E-state index contributed by atoms with van der Waals surface area (Å²) in [5.74, 6) is -0.884. The summed E-state index contributed by atoms with van der Waals surface area (Å²) >= 11 is 0. The van der Waals surface area contributed by atoms with Gasteiger partial charge in [0.25, 0.3) is 0 Å². The molecular weight excluding hydrogens is 745 g/mol. The van der Waals surface area contributed by atoms with E-state index in [-0.39, 0.29) is 31.1 Å². The number of rotatable bonds is 45. The van der Waals surface area contributed by atoms with Gasteiger partial charge in [-0.3, -0.25) is 14.4 Å². The number of ether oxygens (including phenoxy) is 3. The van der Waals surface area contributed by atoms with E-state index in [0.29, 0.717) is 19.3 Å². The molecule has 0 spiro atoms. The molecule has 346 valence electrons. The first-order valence-corrected chi connectivity index (χ1v) is 25.3. The Hall–Kier alpha value is -2.89. The Morgan fingerprint density at radius 3 is 1.02 bits per heavy atom. The molecule has 0 saturated carbocycles. The SMILES string of the molecule is CC/C=C\C/C=C\C/C=C\C/C=C\C/C=C\CCCCCCCCCCCC(=O)OCC(COC(=O)CCCCCCCCCC)OC(=O)CCCCCCCCCCC. The van der Waals surface area contributed by atoms with E-state index >= 15 is 0 Å². The average Bonchev–Trinajstić information content (AvgIpc) is 3.24. The lowest BCUT2D eigenvalue weighted by Gasteiger charge is -2.18. The van der Waals surface area contributed by atoms with Crippen LogP contribution in [0.1, 0.15) is 245 Å². The normalized spacial score (nSPS) is 12.5. The molecule has 0 rings (SSSR count). The van der Waals surface area contributed by atoms with Crippen molar-refractivity contribution in [1.29, 1.82) is 0 Å². The van der Waals surface area contributed by atoms with E-state index < -0.39 is 6.10 Å². The van der Waals surface area contributed by atoms with Crippen LogP contribution in [0.4, 0.5) is 0 Å². The van der Waals surface area contributed by atoms with Crippen LogP contribution in [-0.4, -0.2) is 37.2 Å². The van der Waals surface area contributed by atoms with E-state index in [1.165, 1.54) is 109 Å². The molecule has 0 aliphatic heterocycles. The molecule has 0 fully saturated rings. The van der Waals surface area contributed by atoms with Gasteiger partial charge in [-0.15, -0.1) is 0 Å². The van der Waals surface area contributed by atoms with Crippen molar-refractivity contribution >= 4 is 17.9 Å². The van der Waals surface area contributed by atoms with Crippen molar-refractivity contribution in [3.63, 3.8) is 0 Å². The predicted molar refractivity (Wildman–Crippen MR) is 256 cm³/mol. The molecule has 0 aromatic carbocycles. The maximum atomic E-state index is 12.7. The number of hydrogen-bond acceptors (Lipinski definition) is 6. The zero-order chi connectivity index (χ0) is 43.7. The first kappa shape index (κ1) is 57.1. The highest BCUT2D eigenvalue weighted by molar-refractivity contribution is 5.71. The third-order valence-corrected chi connectivity index (χ3v) is 10.8. The fraction of sp³-hybridized carbons (Fsp3) is 0.759. The topological polar surface area (TPSA) is 78.9 Å². The van der Waals surface area contributed by atoms with Crippen molar-refractivity contribution in [2.24, 2.45) is 0 Å². The number of allylic oxidation sites excluding steroid dienone is 10.